The van der Waals surface area contributed by atoms with Gasteiger partial charge in [0.1, 0.15) is 11.5 Å². The number of hydrogen-bond acceptors (Lipinski definition) is 5. The highest BCUT2D eigenvalue weighted by atomic mass is 32.1. The van der Waals surface area contributed by atoms with E-state index in [2.05, 4.69) is 14.8 Å². The summed E-state index contributed by atoms with van der Waals surface area (Å²) in [5.41, 5.74) is 1.35. The summed E-state index contributed by atoms with van der Waals surface area (Å²) in [6, 6.07) is 1.92. The average molecular weight is 249 g/mol. The molecule has 1 aliphatic rings. The maximum absolute atomic E-state index is 11.6. The van der Waals surface area contributed by atoms with Gasteiger partial charge in [0.2, 0.25) is 0 Å². The molecule has 5 nitrogen and oxygen atoms in total. The highest BCUT2D eigenvalue weighted by Crippen LogP contribution is 2.40. The van der Waals surface area contributed by atoms with E-state index >= 15 is 0 Å². The molecule has 6 heteroatoms. The van der Waals surface area contributed by atoms with Gasteiger partial charge in [-0.05, 0) is 24.4 Å². The van der Waals surface area contributed by atoms with E-state index in [1.807, 2.05) is 6.07 Å². The predicted molar refractivity (Wildman–Crippen MR) is 61.8 cm³/mol. The molecule has 0 atom stereocenters. The first-order valence-corrected chi connectivity index (χ1v) is 6.29. The standard InChI is InChI=1S/C11H11N3O2S/c15-11(8-4-13-17-6-8)12-5-9-3-10(16-14-9)7-1-2-7/h3-4,6-7H,1-2,5H2,(H,12,15). The molecular formula is C11H11N3O2S. The number of amides is 1. The van der Waals surface area contributed by atoms with Crippen molar-refractivity contribution in [2.75, 3.05) is 0 Å². The third kappa shape index (κ3) is 2.36. The van der Waals surface area contributed by atoms with Gasteiger partial charge in [-0.25, -0.2) is 4.37 Å². The van der Waals surface area contributed by atoms with Crippen LogP contribution in [0.25, 0.3) is 0 Å². The molecule has 1 amide bonds. The summed E-state index contributed by atoms with van der Waals surface area (Å²) in [5, 5.41) is 8.42. The molecule has 2 aromatic heterocycles. The van der Waals surface area contributed by atoms with Crippen molar-refractivity contribution in [3.63, 3.8) is 0 Å². The molecule has 0 aromatic carbocycles. The Labute approximate surface area is 102 Å². The zero-order chi connectivity index (χ0) is 11.7. The van der Waals surface area contributed by atoms with Gasteiger partial charge in [0.05, 0.1) is 18.3 Å². The van der Waals surface area contributed by atoms with Gasteiger partial charge in [0.15, 0.2) is 0 Å². The van der Waals surface area contributed by atoms with E-state index in [1.165, 1.54) is 24.4 Å². The second kappa shape index (κ2) is 4.29. The lowest BCUT2D eigenvalue weighted by atomic mass is 10.3. The van der Waals surface area contributed by atoms with Crippen LogP contribution in [0.1, 0.15) is 40.6 Å². The Morgan fingerprint density at radius 2 is 2.47 bits per heavy atom. The molecule has 1 fully saturated rings. The molecule has 1 N–H and O–H groups in total. The van der Waals surface area contributed by atoms with Gasteiger partial charge < -0.3 is 9.84 Å². The third-order valence-electron chi connectivity index (χ3n) is 2.68. The topological polar surface area (TPSA) is 68.0 Å². The molecule has 1 saturated carbocycles. The molecule has 0 aliphatic heterocycles. The minimum absolute atomic E-state index is 0.130. The lowest BCUT2D eigenvalue weighted by molar-refractivity contribution is 0.0950. The first kappa shape index (κ1) is 10.5. The lowest BCUT2D eigenvalue weighted by Crippen LogP contribution is -2.22. The van der Waals surface area contributed by atoms with E-state index in [4.69, 9.17) is 4.52 Å². The number of rotatable bonds is 4. The molecule has 2 aromatic rings. The Kier molecular flexibility index (Phi) is 2.64. The maximum atomic E-state index is 11.6. The van der Waals surface area contributed by atoms with Crippen molar-refractivity contribution in [2.24, 2.45) is 0 Å². The Balaban J connectivity index is 1.58. The van der Waals surface area contributed by atoms with Crippen LogP contribution in [0.15, 0.2) is 22.2 Å². The molecule has 0 radical (unpaired) electrons. The van der Waals surface area contributed by atoms with Crippen LogP contribution in [0, 0.1) is 0 Å². The molecule has 0 unspecified atom stereocenters. The minimum atomic E-state index is -0.130. The van der Waals surface area contributed by atoms with Crippen LogP contribution in [-0.2, 0) is 6.54 Å². The average Bonchev–Trinajstić information content (AvgIpc) is 2.88. The van der Waals surface area contributed by atoms with E-state index in [-0.39, 0.29) is 5.91 Å². The van der Waals surface area contributed by atoms with Crippen molar-refractivity contribution in [3.05, 3.63) is 34.7 Å². The second-order valence-electron chi connectivity index (χ2n) is 4.09. The van der Waals surface area contributed by atoms with Crippen LogP contribution in [0.2, 0.25) is 0 Å². The van der Waals surface area contributed by atoms with Crippen LogP contribution >= 0.6 is 11.5 Å². The van der Waals surface area contributed by atoms with E-state index in [9.17, 15) is 4.79 Å². The van der Waals surface area contributed by atoms with Crippen LogP contribution in [0.5, 0.6) is 0 Å². The highest BCUT2D eigenvalue weighted by Gasteiger charge is 2.27. The largest absolute Gasteiger partial charge is 0.361 e. The smallest absolute Gasteiger partial charge is 0.254 e. The summed E-state index contributed by atoms with van der Waals surface area (Å²) < 4.78 is 9.08. The zero-order valence-electron chi connectivity index (χ0n) is 9.05. The van der Waals surface area contributed by atoms with Crippen molar-refractivity contribution < 1.29 is 9.32 Å². The molecule has 3 rings (SSSR count). The fourth-order valence-electron chi connectivity index (χ4n) is 1.56. The third-order valence-corrected chi connectivity index (χ3v) is 3.27. The van der Waals surface area contributed by atoms with Crippen LogP contribution in [0.4, 0.5) is 0 Å². The Morgan fingerprint density at radius 1 is 1.59 bits per heavy atom. The summed E-state index contributed by atoms with van der Waals surface area (Å²) >= 11 is 1.26. The fraction of sp³-hybridized carbons (Fsp3) is 0.364. The first-order chi connectivity index (χ1) is 8.33. The van der Waals surface area contributed by atoms with E-state index < -0.39 is 0 Å². The summed E-state index contributed by atoms with van der Waals surface area (Å²) in [6.45, 7) is 0.394. The molecule has 88 valence electrons. The number of nitrogens with zero attached hydrogens (tertiary/aromatic N) is 2. The van der Waals surface area contributed by atoms with Crippen molar-refractivity contribution in [1.29, 1.82) is 0 Å². The van der Waals surface area contributed by atoms with Gasteiger partial charge in [-0.15, -0.1) is 0 Å². The SMILES string of the molecule is O=C(NCc1cc(C2CC2)on1)c1cnsc1. The Bertz CT molecular complexity index is 517. The monoisotopic (exact) mass is 249 g/mol. The molecule has 0 spiro atoms. The molecule has 1 aliphatic carbocycles. The number of carbonyl (C=O) groups excluding carboxylic acids is 1. The first-order valence-electron chi connectivity index (χ1n) is 5.46. The number of carbonyl (C=O) groups is 1. The Morgan fingerprint density at radius 3 is 3.18 bits per heavy atom. The summed E-state index contributed by atoms with van der Waals surface area (Å²) in [6.07, 6.45) is 3.92. The van der Waals surface area contributed by atoms with Crippen molar-refractivity contribution in [2.45, 2.75) is 25.3 Å². The van der Waals surface area contributed by atoms with Crippen LogP contribution in [-0.4, -0.2) is 15.4 Å². The van der Waals surface area contributed by atoms with E-state index in [1.54, 1.807) is 11.6 Å². The van der Waals surface area contributed by atoms with Gasteiger partial charge in [-0.2, -0.15) is 0 Å². The summed E-state index contributed by atoms with van der Waals surface area (Å²) in [5.74, 6) is 1.36. The highest BCUT2D eigenvalue weighted by molar-refractivity contribution is 7.03. The normalized spacial score (nSPS) is 14.8. The van der Waals surface area contributed by atoms with Crippen molar-refractivity contribution >= 4 is 17.4 Å². The maximum Gasteiger partial charge on any atom is 0.254 e. The summed E-state index contributed by atoms with van der Waals surface area (Å²) in [7, 11) is 0. The molecular weight excluding hydrogens is 238 g/mol. The van der Waals surface area contributed by atoms with Crippen LogP contribution in [0.3, 0.4) is 0 Å². The molecule has 0 saturated heterocycles. The summed E-state index contributed by atoms with van der Waals surface area (Å²) in [4.78, 5) is 11.6. The fourth-order valence-corrected chi connectivity index (χ4v) is 2.08. The number of hydrogen-bond donors (Lipinski definition) is 1. The van der Waals surface area contributed by atoms with Gasteiger partial charge in [-0.3, -0.25) is 4.79 Å². The quantitative estimate of drug-likeness (QED) is 0.899. The van der Waals surface area contributed by atoms with Gasteiger partial charge in [-0.1, -0.05) is 5.16 Å². The van der Waals surface area contributed by atoms with Crippen molar-refractivity contribution in [1.82, 2.24) is 14.8 Å². The number of aromatic nitrogens is 2. The zero-order valence-corrected chi connectivity index (χ0v) is 9.87. The molecule has 0 bridgehead atoms. The van der Waals surface area contributed by atoms with Crippen molar-refractivity contribution in [3.8, 4) is 0 Å². The van der Waals surface area contributed by atoms with Crippen LogP contribution < -0.4 is 5.32 Å². The molecule has 17 heavy (non-hydrogen) atoms. The second-order valence-corrected chi connectivity index (χ2v) is 4.75. The molecule has 2 heterocycles. The van der Waals surface area contributed by atoms with Gasteiger partial charge in [0.25, 0.3) is 5.91 Å². The van der Waals surface area contributed by atoms with Gasteiger partial charge >= 0.3 is 0 Å². The van der Waals surface area contributed by atoms with Gasteiger partial charge in [0, 0.05) is 17.4 Å². The van der Waals surface area contributed by atoms with E-state index in [0.717, 1.165) is 11.5 Å². The predicted octanol–water partition coefficient (Wildman–Crippen LogP) is 1.94. The van der Waals surface area contributed by atoms with E-state index in [0.29, 0.717) is 18.0 Å². The number of nitrogens with one attached hydrogen (secondary N) is 1. The Hall–Kier alpha value is -1.69. The lowest BCUT2D eigenvalue weighted by Gasteiger charge is -1.98. The minimum Gasteiger partial charge on any atom is -0.361 e.